The van der Waals surface area contributed by atoms with Gasteiger partial charge in [-0.2, -0.15) is 10.1 Å². The molecule has 0 saturated carbocycles. The predicted molar refractivity (Wildman–Crippen MR) is 118 cm³/mol. The van der Waals surface area contributed by atoms with Gasteiger partial charge in [-0.05, 0) is 32.8 Å². The van der Waals surface area contributed by atoms with E-state index in [1.807, 2.05) is 25.6 Å². The Morgan fingerprint density at radius 2 is 1.96 bits per heavy atom. The minimum atomic E-state index is 0. The van der Waals surface area contributed by atoms with Crippen molar-refractivity contribution in [2.45, 2.75) is 59.4 Å². The second-order valence-corrected chi connectivity index (χ2v) is 6.97. The first kappa shape index (κ1) is 23.4. The topological polar surface area (TPSA) is 93.2 Å². The van der Waals surface area contributed by atoms with Crippen molar-refractivity contribution in [3.8, 4) is 0 Å². The maximum absolute atomic E-state index is 5.26. The zero-order valence-electron chi connectivity index (χ0n) is 17.3. The van der Waals surface area contributed by atoms with Crippen molar-refractivity contribution >= 4 is 29.9 Å². The third-order valence-electron chi connectivity index (χ3n) is 4.41. The van der Waals surface area contributed by atoms with E-state index in [0.717, 1.165) is 23.9 Å². The highest BCUT2D eigenvalue weighted by atomic mass is 127. The SMILES string of the molecule is CN=C(NCCc1nc(C(C)C)no1)NC(C)Cc1c(C)nn(C)c1C.I. The number of nitrogens with one attached hydrogen (secondary N) is 2. The molecule has 2 rings (SSSR count). The second kappa shape index (κ2) is 10.6. The van der Waals surface area contributed by atoms with Crippen LogP contribution in [-0.2, 0) is 19.9 Å². The van der Waals surface area contributed by atoms with Crippen LogP contribution in [0.15, 0.2) is 9.52 Å². The van der Waals surface area contributed by atoms with Crippen molar-refractivity contribution < 1.29 is 4.52 Å². The van der Waals surface area contributed by atoms with E-state index in [2.05, 4.69) is 51.6 Å². The summed E-state index contributed by atoms with van der Waals surface area (Å²) in [5.74, 6) is 2.43. The van der Waals surface area contributed by atoms with E-state index in [1.54, 1.807) is 7.05 Å². The van der Waals surface area contributed by atoms with Gasteiger partial charge in [0.25, 0.3) is 0 Å². The van der Waals surface area contributed by atoms with Gasteiger partial charge in [-0.3, -0.25) is 9.67 Å². The lowest BCUT2D eigenvalue weighted by molar-refractivity contribution is 0.371. The Morgan fingerprint density at radius 1 is 1.26 bits per heavy atom. The fourth-order valence-electron chi connectivity index (χ4n) is 2.79. The fraction of sp³-hybridized carbons (Fsp3) is 0.667. The van der Waals surface area contributed by atoms with Gasteiger partial charge in [0.1, 0.15) is 0 Å². The Balaban J connectivity index is 0.00000364. The molecular weight excluding hydrogens is 457 g/mol. The first-order valence-corrected chi connectivity index (χ1v) is 9.10. The number of aryl methyl sites for hydroxylation is 2. The van der Waals surface area contributed by atoms with Crippen LogP contribution >= 0.6 is 24.0 Å². The molecule has 2 aromatic rings. The van der Waals surface area contributed by atoms with E-state index in [9.17, 15) is 0 Å². The molecule has 1 unspecified atom stereocenters. The molecule has 0 aromatic carbocycles. The molecule has 2 N–H and O–H groups in total. The molecule has 2 aromatic heterocycles. The molecule has 8 nitrogen and oxygen atoms in total. The maximum atomic E-state index is 5.26. The number of hydrogen-bond donors (Lipinski definition) is 2. The van der Waals surface area contributed by atoms with Crippen LogP contribution in [0.1, 0.15) is 55.4 Å². The Hall–Kier alpha value is -1.65. The third kappa shape index (κ3) is 6.47. The molecular formula is C18H32IN7O. The monoisotopic (exact) mass is 489 g/mol. The van der Waals surface area contributed by atoms with Crippen LogP contribution in [-0.4, -0.2) is 45.5 Å². The minimum Gasteiger partial charge on any atom is -0.356 e. The Morgan fingerprint density at radius 3 is 2.48 bits per heavy atom. The summed E-state index contributed by atoms with van der Waals surface area (Å²) < 4.78 is 7.19. The van der Waals surface area contributed by atoms with Crippen LogP contribution in [0, 0.1) is 13.8 Å². The summed E-state index contributed by atoms with van der Waals surface area (Å²) in [5, 5.41) is 15.2. The Kier molecular flexibility index (Phi) is 9.20. The summed E-state index contributed by atoms with van der Waals surface area (Å²) in [6.07, 6.45) is 1.56. The highest BCUT2D eigenvalue weighted by Crippen LogP contribution is 2.14. The standard InChI is InChI=1S/C18H31N7O.HI/c1-11(2)17-22-16(26-24-17)8-9-20-18(19-6)21-12(3)10-15-13(4)23-25(7)14(15)5;/h11-12H,8-10H2,1-7H3,(H2,19,20,21);1H. The summed E-state index contributed by atoms with van der Waals surface area (Å²) in [6.45, 7) is 11.1. The van der Waals surface area contributed by atoms with Crippen LogP contribution in [0.3, 0.4) is 0 Å². The number of nitrogens with zero attached hydrogens (tertiary/aromatic N) is 5. The number of hydrogen-bond acceptors (Lipinski definition) is 5. The number of rotatable bonds is 7. The molecule has 0 amide bonds. The normalized spacial score (nSPS) is 12.8. The molecule has 9 heteroatoms. The fourth-order valence-corrected chi connectivity index (χ4v) is 2.79. The number of aliphatic imine (C=N–C) groups is 1. The Labute approximate surface area is 178 Å². The van der Waals surface area contributed by atoms with Crippen LogP contribution in [0.4, 0.5) is 0 Å². The first-order valence-electron chi connectivity index (χ1n) is 9.10. The smallest absolute Gasteiger partial charge is 0.228 e. The van der Waals surface area contributed by atoms with Gasteiger partial charge in [-0.15, -0.1) is 24.0 Å². The molecule has 0 aliphatic rings. The molecule has 0 saturated heterocycles. The zero-order valence-corrected chi connectivity index (χ0v) is 19.7. The molecule has 2 heterocycles. The summed E-state index contributed by atoms with van der Waals surface area (Å²) >= 11 is 0. The second-order valence-electron chi connectivity index (χ2n) is 6.97. The van der Waals surface area contributed by atoms with Gasteiger partial charge in [0, 0.05) is 44.7 Å². The van der Waals surface area contributed by atoms with E-state index < -0.39 is 0 Å². The van der Waals surface area contributed by atoms with Crippen molar-refractivity contribution in [1.29, 1.82) is 0 Å². The maximum Gasteiger partial charge on any atom is 0.228 e. The molecule has 0 radical (unpaired) electrons. The first-order chi connectivity index (χ1) is 12.3. The van der Waals surface area contributed by atoms with Crippen molar-refractivity contribution in [2.24, 2.45) is 12.0 Å². The van der Waals surface area contributed by atoms with Crippen LogP contribution in [0.25, 0.3) is 0 Å². The van der Waals surface area contributed by atoms with E-state index in [0.29, 0.717) is 18.9 Å². The average Bonchev–Trinajstić information content (AvgIpc) is 3.15. The van der Waals surface area contributed by atoms with Crippen molar-refractivity contribution in [1.82, 2.24) is 30.6 Å². The molecule has 0 aliphatic carbocycles. The summed E-state index contributed by atoms with van der Waals surface area (Å²) in [7, 11) is 3.75. The molecule has 0 aliphatic heterocycles. The minimum absolute atomic E-state index is 0. The van der Waals surface area contributed by atoms with Crippen LogP contribution in [0.5, 0.6) is 0 Å². The van der Waals surface area contributed by atoms with E-state index >= 15 is 0 Å². The summed E-state index contributed by atoms with van der Waals surface area (Å²) in [4.78, 5) is 8.67. The van der Waals surface area contributed by atoms with Gasteiger partial charge in [0.15, 0.2) is 11.8 Å². The van der Waals surface area contributed by atoms with Gasteiger partial charge in [0.2, 0.25) is 5.89 Å². The lowest BCUT2D eigenvalue weighted by Crippen LogP contribution is -2.43. The molecule has 0 fully saturated rings. The Bertz CT molecular complexity index is 751. The van der Waals surface area contributed by atoms with Gasteiger partial charge < -0.3 is 15.2 Å². The quantitative estimate of drug-likeness (QED) is 0.353. The molecule has 0 spiro atoms. The van der Waals surface area contributed by atoms with Gasteiger partial charge >= 0.3 is 0 Å². The van der Waals surface area contributed by atoms with E-state index in [-0.39, 0.29) is 35.9 Å². The van der Waals surface area contributed by atoms with Crippen LogP contribution < -0.4 is 10.6 Å². The van der Waals surface area contributed by atoms with Crippen LogP contribution in [0.2, 0.25) is 0 Å². The van der Waals surface area contributed by atoms with Crippen molar-refractivity contribution in [2.75, 3.05) is 13.6 Å². The third-order valence-corrected chi connectivity index (χ3v) is 4.41. The lowest BCUT2D eigenvalue weighted by atomic mass is 10.1. The predicted octanol–water partition coefficient (Wildman–Crippen LogP) is 2.50. The number of halogens is 1. The van der Waals surface area contributed by atoms with Gasteiger partial charge in [-0.1, -0.05) is 19.0 Å². The summed E-state index contributed by atoms with van der Waals surface area (Å²) in [5.41, 5.74) is 3.57. The van der Waals surface area contributed by atoms with Crippen molar-refractivity contribution in [3.05, 3.63) is 28.7 Å². The summed E-state index contributed by atoms with van der Waals surface area (Å²) in [6, 6.07) is 0.235. The largest absolute Gasteiger partial charge is 0.356 e. The highest BCUT2D eigenvalue weighted by Gasteiger charge is 2.14. The lowest BCUT2D eigenvalue weighted by Gasteiger charge is -2.18. The highest BCUT2D eigenvalue weighted by molar-refractivity contribution is 14.0. The zero-order chi connectivity index (χ0) is 19.3. The number of guanidine groups is 1. The average molecular weight is 489 g/mol. The number of aromatic nitrogens is 4. The van der Waals surface area contributed by atoms with E-state index in [1.165, 1.54) is 11.3 Å². The van der Waals surface area contributed by atoms with Gasteiger partial charge in [-0.25, -0.2) is 0 Å². The van der Waals surface area contributed by atoms with Crippen molar-refractivity contribution in [3.63, 3.8) is 0 Å². The molecule has 0 bridgehead atoms. The molecule has 1 atom stereocenters. The van der Waals surface area contributed by atoms with E-state index in [4.69, 9.17) is 4.52 Å². The van der Waals surface area contributed by atoms with Gasteiger partial charge in [0.05, 0.1) is 5.69 Å². The molecule has 152 valence electrons. The molecule has 27 heavy (non-hydrogen) atoms.